The molecule has 0 radical (unpaired) electrons. The number of carbonyl (C=O) groups is 1. The van der Waals surface area contributed by atoms with Crippen LogP contribution in [0.2, 0.25) is 0 Å². The Bertz CT molecular complexity index is 593. The van der Waals surface area contributed by atoms with Gasteiger partial charge < -0.3 is 5.11 Å². The lowest BCUT2D eigenvalue weighted by Gasteiger charge is -2.45. The first-order valence-corrected chi connectivity index (χ1v) is 11.0. The minimum atomic E-state index is -0.575. The van der Waals surface area contributed by atoms with Gasteiger partial charge in [-0.1, -0.05) is 57.6 Å². The molecule has 27 heavy (non-hydrogen) atoms. The molecule has 2 aliphatic carbocycles. The zero-order chi connectivity index (χ0) is 19.3. The zero-order valence-corrected chi connectivity index (χ0v) is 16.8. The monoisotopic (exact) mass is 374 g/mol. The van der Waals surface area contributed by atoms with Crippen molar-refractivity contribution in [2.24, 2.45) is 17.3 Å². The Morgan fingerprint density at radius 2 is 1.67 bits per heavy atom. The second-order valence-electron chi connectivity index (χ2n) is 9.00. The number of carboxylic acid groups (broad SMARTS) is 1. The molecule has 0 aliphatic heterocycles. The van der Waals surface area contributed by atoms with Crippen LogP contribution in [0, 0.1) is 23.1 Å². The molecule has 0 spiro atoms. The van der Waals surface area contributed by atoms with Crippen molar-refractivity contribution in [1.82, 2.24) is 0 Å². The molecule has 0 heterocycles. The van der Waals surface area contributed by atoms with Gasteiger partial charge in [-0.25, -0.2) is 4.39 Å². The Labute approximate surface area is 163 Å². The SMILES string of the molecule is CCCCCC1CCC(C2(C(=O)O)CCC(c3ccc(F)cc3)CC2)CC1. The predicted molar refractivity (Wildman–Crippen MR) is 107 cm³/mol. The fourth-order valence-electron chi connectivity index (χ4n) is 5.68. The minimum Gasteiger partial charge on any atom is -0.481 e. The molecule has 1 aromatic carbocycles. The highest BCUT2D eigenvalue weighted by molar-refractivity contribution is 5.75. The summed E-state index contributed by atoms with van der Waals surface area (Å²) < 4.78 is 13.2. The van der Waals surface area contributed by atoms with Gasteiger partial charge in [0.1, 0.15) is 5.82 Å². The quantitative estimate of drug-likeness (QED) is 0.525. The van der Waals surface area contributed by atoms with Crippen molar-refractivity contribution in [2.45, 2.75) is 89.9 Å². The van der Waals surface area contributed by atoms with Gasteiger partial charge in [-0.05, 0) is 74.0 Å². The Balaban J connectivity index is 1.58. The molecule has 0 aromatic heterocycles. The number of carboxylic acids is 1. The second-order valence-corrected chi connectivity index (χ2v) is 9.00. The Morgan fingerprint density at radius 1 is 1.04 bits per heavy atom. The highest BCUT2D eigenvalue weighted by atomic mass is 19.1. The van der Waals surface area contributed by atoms with E-state index < -0.39 is 11.4 Å². The van der Waals surface area contributed by atoms with Crippen LogP contribution >= 0.6 is 0 Å². The van der Waals surface area contributed by atoms with E-state index in [0.717, 1.165) is 50.0 Å². The van der Waals surface area contributed by atoms with Gasteiger partial charge in [-0.15, -0.1) is 0 Å². The minimum absolute atomic E-state index is 0.204. The average molecular weight is 375 g/mol. The van der Waals surface area contributed by atoms with Gasteiger partial charge in [-0.2, -0.15) is 0 Å². The average Bonchev–Trinajstić information content (AvgIpc) is 2.69. The molecule has 0 bridgehead atoms. The Morgan fingerprint density at radius 3 is 2.22 bits per heavy atom. The van der Waals surface area contributed by atoms with Crippen LogP contribution in [0.15, 0.2) is 24.3 Å². The molecule has 3 rings (SSSR count). The van der Waals surface area contributed by atoms with Gasteiger partial charge in [0.05, 0.1) is 5.41 Å². The molecule has 2 saturated carbocycles. The van der Waals surface area contributed by atoms with E-state index in [4.69, 9.17) is 0 Å². The highest BCUT2D eigenvalue weighted by Crippen LogP contribution is 2.52. The Hall–Kier alpha value is -1.38. The van der Waals surface area contributed by atoms with E-state index in [1.807, 2.05) is 12.1 Å². The highest BCUT2D eigenvalue weighted by Gasteiger charge is 2.48. The summed E-state index contributed by atoms with van der Waals surface area (Å²) in [5.74, 6) is 0.754. The topological polar surface area (TPSA) is 37.3 Å². The summed E-state index contributed by atoms with van der Waals surface area (Å²) in [5, 5.41) is 10.1. The molecule has 1 N–H and O–H groups in total. The van der Waals surface area contributed by atoms with Gasteiger partial charge in [0, 0.05) is 0 Å². The second kappa shape index (κ2) is 9.21. The first-order valence-electron chi connectivity index (χ1n) is 11.0. The van der Waals surface area contributed by atoms with E-state index in [1.165, 1.54) is 50.7 Å². The van der Waals surface area contributed by atoms with E-state index >= 15 is 0 Å². The van der Waals surface area contributed by atoms with Crippen LogP contribution in [0.3, 0.4) is 0 Å². The van der Waals surface area contributed by atoms with Gasteiger partial charge in [0.2, 0.25) is 0 Å². The fourth-order valence-corrected chi connectivity index (χ4v) is 5.68. The largest absolute Gasteiger partial charge is 0.481 e. The van der Waals surface area contributed by atoms with Crippen LogP contribution in [0.5, 0.6) is 0 Å². The normalized spacial score (nSPS) is 31.6. The lowest BCUT2D eigenvalue weighted by molar-refractivity contribution is -0.157. The molecular formula is C24H35FO2. The van der Waals surface area contributed by atoms with Gasteiger partial charge >= 0.3 is 5.97 Å². The van der Waals surface area contributed by atoms with Gasteiger partial charge in [0.15, 0.2) is 0 Å². The third kappa shape index (κ3) is 4.73. The van der Waals surface area contributed by atoms with Crippen molar-refractivity contribution < 1.29 is 14.3 Å². The molecule has 0 atom stereocenters. The fraction of sp³-hybridized carbons (Fsp3) is 0.708. The Kier molecular flexibility index (Phi) is 6.94. The molecular weight excluding hydrogens is 339 g/mol. The molecule has 2 nitrogen and oxygen atoms in total. The van der Waals surface area contributed by atoms with Crippen molar-refractivity contribution >= 4 is 5.97 Å². The van der Waals surface area contributed by atoms with E-state index in [0.29, 0.717) is 11.8 Å². The molecule has 2 fully saturated rings. The maximum Gasteiger partial charge on any atom is 0.309 e. The van der Waals surface area contributed by atoms with Crippen molar-refractivity contribution in [3.8, 4) is 0 Å². The standard InChI is InChI=1S/C24H35FO2/c1-2-3-4-5-18-6-10-21(11-7-18)24(23(26)27)16-14-20(15-17-24)19-8-12-22(25)13-9-19/h8-9,12-13,18,20-21H,2-7,10-11,14-17H2,1H3,(H,26,27). The van der Waals surface area contributed by atoms with Crippen LogP contribution < -0.4 is 0 Å². The molecule has 2 aliphatic rings. The summed E-state index contributed by atoms with van der Waals surface area (Å²) in [4.78, 5) is 12.3. The lowest BCUT2D eigenvalue weighted by Crippen LogP contribution is -2.43. The van der Waals surface area contributed by atoms with E-state index in [-0.39, 0.29) is 5.82 Å². The molecule has 1 aromatic rings. The van der Waals surface area contributed by atoms with Crippen LogP contribution in [0.1, 0.15) is 95.5 Å². The number of unbranched alkanes of at least 4 members (excludes halogenated alkanes) is 2. The molecule has 3 heteroatoms. The van der Waals surface area contributed by atoms with Crippen LogP contribution in [-0.2, 0) is 4.79 Å². The number of hydrogen-bond acceptors (Lipinski definition) is 1. The number of rotatable bonds is 7. The number of hydrogen-bond donors (Lipinski definition) is 1. The summed E-state index contributed by atoms with van der Waals surface area (Å²) >= 11 is 0. The van der Waals surface area contributed by atoms with Crippen LogP contribution in [0.4, 0.5) is 4.39 Å². The smallest absolute Gasteiger partial charge is 0.309 e. The van der Waals surface area contributed by atoms with Gasteiger partial charge in [-0.3, -0.25) is 4.79 Å². The summed E-state index contributed by atoms with van der Waals surface area (Å²) in [6, 6.07) is 6.78. The summed E-state index contributed by atoms with van der Waals surface area (Å²) in [5.41, 5.74) is 0.639. The molecule has 0 amide bonds. The predicted octanol–water partition coefficient (Wildman–Crippen LogP) is 6.94. The van der Waals surface area contributed by atoms with Crippen LogP contribution in [-0.4, -0.2) is 11.1 Å². The van der Waals surface area contributed by atoms with Crippen molar-refractivity contribution in [3.05, 3.63) is 35.6 Å². The number of halogens is 1. The van der Waals surface area contributed by atoms with Crippen LogP contribution in [0.25, 0.3) is 0 Å². The lowest BCUT2D eigenvalue weighted by atomic mass is 9.58. The molecule has 0 unspecified atom stereocenters. The first kappa shape index (κ1) is 20.4. The summed E-state index contributed by atoms with van der Waals surface area (Å²) in [6.45, 7) is 2.25. The number of aliphatic carboxylic acids is 1. The number of benzene rings is 1. The van der Waals surface area contributed by atoms with E-state index in [1.54, 1.807) is 0 Å². The van der Waals surface area contributed by atoms with Crippen molar-refractivity contribution in [2.75, 3.05) is 0 Å². The molecule has 0 saturated heterocycles. The maximum absolute atomic E-state index is 13.2. The maximum atomic E-state index is 13.2. The van der Waals surface area contributed by atoms with E-state index in [2.05, 4.69) is 6.92 Å². The summed E-state index contributed by atoms with van der Waals surface area (Å²) in [6.07, 6.45) is 13.2. The zero-order valence-electron chi connectivity index (χ0n) is 16.8. The summed E-state index contributed by atoms with van der Waals surface area (Å²) in [7, 11) is 0. The first-order chi connectivity index (χ1) is 13.0. The van der Waals surface area contributed by atoms with Crippen molar-refractivity contribution in [3.63, 3.8) is 0 Å². The third-order valence-corrected chi connectivity index (χ3v) is 7.49. The van der Waals surface area contributed by atoms with Gasteiger partial charge in [0.25, 0.3) is 0 Å². The van der Waals surface area contributed by atoms with E-state index in [9.17, 15) is 14.3 Å². The third-order valence-electron chi connectivity index (χ3n) is 7.49. The molecule has 150 valence electrons. The van der Waals surface area contributed by atoms with Crippen molar-refractivity contribution in [1.29, 1.82) is 0 Å².